The highest BCUT2D eigenvalue weighted by molar-refractivity contribution is 8.00. The van der Waals surface area contributed by atoms with Crippen LogP contribution in [0.4, 0.5) is 4.39 Å². The lowest BCUT2D eigenvalue weighted by Crippen LogP contribution is -2.69. The maximum Gasteiger partial charge on any atom is 0.261 e. The van der Waals surface area contributed by atoms with Crippen molar-refractivity contribution in [3.05, 3.63) is 121 Å². The van der Waals surface area contributed by atoms with Gasteiger partial charge in [0.2, 0.25) is 0 Å². The molecule has 0 saturated carbocycles. The fourth-order valence-electron chi connectivity index (χ4n) is 6.84. The molecule has 0 radical (unpaired) electrons. The van der Waals surface area contributed by atoms with Gasteiger partial charge >= 0.3 is 0 Å². The van der Waals surface area contributed by atoms with Crippen molar-refractivity contribution >= 4 is 49.1 Å². The number of hydrogen-bond acceptors (Lipinski definition) is 4. The quantitative estimate of drug-likeness (QED) is 0.218. The second-order valence-electron chi connectivity index (χ2n) is 13.7. The highest BCUT2D eigenvalue weighted by atomic mass is 32.2. The van der Waals surface area contributed by atoms with E-state index in [0.717, 1.165) is 10.4 Å². The van der Waals surface area contributed by atoms with Crippen molar-refractivity contribution in [2.45, 2.75) is 74.6 Å². The fraction of sp³-hybridized carbons (Fsp3) is 0.351. The largest absolute Gasteiger partial charge is 0.406 e. The van der Waals surface area contributed by atoms with Gasteiger partial charge in [0.1, 0.15) is 5.44 Å². The lowest BCUT2D eigenvalue weighted by Gasteiger charge is -2.46. The van der Waals surface area contributed by atoms with E-state index in [4.69, 9.17) is 8.85 Å². The van der Waals surface area contributed by atoms with Crippen LogP contribution in [0, 0.1) is 0 Å². The van der Waals surface area contributed by atoms with Crippen LogP contribution in [0.5, 0.6) is 0 Å². The molecule has 0 spiro atoms. The Hall–Kier alpha value is -2.53. The number of rotatable bonds is 9. The van der Waals surface area contributed by atoms with E-state index in [1.165, 1.54) is 22.1 Å². The zero-order chi connectivity index (χ0) is 31.6. The average Bonchev–Trinajstić information content (AvgIpc) is 3.28. The fourth-order valence-corrected chi connectivity index (χ4v) is 17.5. The molecule has 4 atom stereocenters. The van der Waals surface area contributed by atoms with Crippen LogP contribution in [0.1, 0.15) is 41.5 Å². The molecule has 232 valence electrons. The molecule has 1 unspecified atom stereocenters. The summed E-state index contributed by atoms with van der Waals surface area (Å²) < 4.78 is 30.8. The van der Waals surface area contributed by atoms with Gasteiger partial charge in [-0.2, -0.15) is 0 Å². The highest BCUT2D eigenvalue weighted by Crippen LogP contribution is 2.45. The monoisotopic (exact) mass is 644 g/mol. The molecule has 1 N–H and O–H groups in total. The maximum absolute atomic E-state index is 16.3. The summed E-state index contributed by atoms with van der Waals surface area (Å²) in [6, 6.07) is 41.6. The van der Waals surface area contributed by atoms with E-state index in [-0.39, 0.29) is 16.7 Å². The van der Waals surface area contributed by atoms with Crippen LogP contribution < -0.4 is 20.7 Å². The van der Waals surface area contributed by atoms with Crippen molar-refractivity contribution in [3.63, 3.8) is 0 Å². The van der Waals surface area contributed by atoms with Crippen LogP contribution >= 0.6 is 11.8 Å². The SMILES string of the molecule is CC(C)(C)[Si](OC[C@H]1SC(O)[C@@H](F)[C@@H]1O[Si](c1ccccc1)(c1ccccc1)C(C)(C)C)(c1ccccc1)c1ccccc1. The van der Waals surface area contributed by atoms with Crippen molar-refractivity contribution < 1.29 is 18.3 Å². The molecule has 1 heterocycles. The summed E-state index contributed by atoms with van der Waals surface area (Å²) in [5.74, 6) is 0. The molecule has 7 heteroatoms. The van der Waals surface area contributed by atoms with Gasteiger partial charge in [-0.1, -0.05) is 163 Å². The van der Waals surface area contributed by atoms with E-state index >= 15 is 4.39 Å². The molecular weight excluding hydrogens is 600 g/mol. The third kappa shape index (κ3) is 6.03. The Morgan fingerprint density at radius 1 is 0.614 bits per heavy atom. The van der Waals surface area contributed by atoms with Crippen LogP contribution in [0.15, 0.2) is 121 Å². The lowest BCUT2D eigenvalue weighted by atomic mass is 10.2. The Balaban J connectivity index is 1.59. The van der Waals surface area contributed by atoms with E-state index < -0.39 is 39.6 Å². The summed E-state index contributed by atoms with van der Waals surface area (Å²) in [7, 11) is -5.95. The molecule has 0 aliphatic carbocycles. The standard InChI is InChI=1S/C37H45FO3SSi2/c1-36(2,3)43(28-19-11-7-12-20-28,29-21-13-8-14-22-29)40-27-32-34(33(38)35(39)42-32)41-44(37(4,5)6,30-23-15-9-16-24-30)31-25-17-10-18-26-31/h7-26,32-35,39H,27H2,1-6H3/t32-,33+,34-,35?/m1/s1. The van der Waals surface area contributed by atoms with Crippen molar-refractivity contribution in [2.24, 2.45) is 0 Å². The van der Waals surface area contributed by atoms with Gasteiger partial charge in [-0.25, -0.2) is 4.39 Å². The Kier molecular flexibility index (Phi) is 9.76. The van der Waals surface area contributed by atoms with E-state index in [1.807, 2.05) is 48.5 Å². The molecular formula is C37H45FO3SSi2. The van der Waals surface area contributed by atoms with E-state index in [0.29, 0.717) is 0 Å². The van der Waals surface area contributed by atoms with Crippen LogP contribution in [0.25, 0.3) is 0 Å². The van der Waals surface area contributed by atoms with Gasteiger partial charge in [-0.05, 0) is 30.8 Å². The molecule has 1 aliphatic heterocycles. The minimum Gasteiger partial charge on any atom is -0.406 e. The van der Waals surface area contributed by atoms with E-state index in [1.54, 1.807) is 0 Å². The zero-order valence-corrected chi connectivity index (χ0v) is 29.4. The van der Waals surface area contributed by atoms with Gasteiger partial charge in [-0.3, -0.25) is 0 Å². The third-order valence-corrected chi connectivity index (χ3v) is 20.2. The minimum absolute atomic E-state index is 0.221. The summed E-state index contributed by atoms with van der Waals surface area (Å²) in [6.45, 7) is 13.6. The number of thioether (sulfide) groups is 1. The van der Waals surface area contributed by atoms with Gasteiger partial charge in [-0.15, -0.1) is 11.8 Å². The second-order valence-corrected chi connectivity index (χ2v) is 23.6. The second kappa shape index (κ2) is 13.1. The Bertz CT molecular complexity index is 1400. The zero-order valence-electron chi connectivity index (χ0n) is 26.6. The first-order chi connectivity index (χ1) is 20.9. The van der Waals surface area contributed by atoms with Crippen molar-refractivity contribution in [1.82, 2.24) is 0 Å². The number of benzene rings is 4. The van der Waals surface area contributed by atoms with Crippen molar-refractivity contribution in [2.75, 3.05) is 6.61 Å². The molecule has 0 aromatic heterocycles. The summed E-state index contributed by atoms with van der Waals surface area (Å²) >= 11 is 1.24. The molecule has 44 heavy (non-hydrogen) atoms. The van der Waals surface area contributed by atoms with Crippen molar-refractivity contribution in [1.29, 1.82) is 0 Å². The number of halogens is 1. The van der Waals surface area contributed by atoms with Crippen LogP contribution in [-0.2, 0) is 8.85 Å². The molecule has 0 amide bonds. The van der Waals surface area contributed by atoms with Gasteiger partial charge < -0.3 is 14.0 Å². The molecule has 1 fully saturated rings. The molecule has 5 rings (SSSR count). The number of aliphatic hydroxyl groups is 1. The van der Waals surface area contributed by atoms with Crippen molar-refractivity contribution in [3.8, 4) is 0 Å². The van der Waals surface area contributed by atoms with Crippen LogP contribution in [0.3, 0.4) is 0 Å². The van der Waals surface area contributed by atoms with Crippen LogP contribution in [-0.4, -0.2) is 51.3 Å². The first-order valence-electron chi connectivity index (χ1n) is 15.4. The predicted octanol–water partition coefficient (Wildman–Crippen LogP) is 6.28. The molecule has 4 aromatic rings. The van der Waals surface area contributed by atoms with E-state index in [9.17, 15) is 5.11 Å². The minimum atomic E-state index is -3.08. The Morgan fingerprint density at radius 3 is 1.30 bits per heavy atom. The first kappa shape index (κ1) is 32.9. The summed E-state index contributed by atoms with van der Waals surface area (Å²) in [5, 5.41) is 14.6. The Labute approximate surface area is 269 Å². The summed E-state index contributed by atoms with van der Waals surface area (Å²) in [4.78, 5) is 0. The maximum atomic E-state index is 16.3. The molecule has 0 bridgehead atoms. The van der Waals surface area contributed by atoms with E-state index in [2.05, 4.69) is 114 Å². The topological polar surface area (TPSA) is 38.7 Å². The number of hydrogen-bond donors (Lipinski definition) is 1. The highest BCUT2D eigenvalue weighted by Gasteiger charge is 2.57. The molecule has 1 saturated heterocycles. The van der Waals surface area contributed by atoms with Gasteiger partial charge in [0, 0.05) is 6.61 Å². The van der Waals surface area contributed by atoms with Gasteiger partial charge in [0.15, 0.2) is 6.17 Å². The third-order valence-electron chi connectivity index (χ3n) is 8.88. The number of aliphatic hydroxyl groups excluding tert-OH is 1. The Morgan fingerprint density at radius 2 is 0.955 bits per heavy atom. The average molecular weight is 645 g/mol. The smallest absolute Gasteiger partial charge is 0.261 e. The number of alkyl halides is 1. The first-order valence-corrected chi connectivity index (χ1v) is 20.2. The predicted molar refractivity (Wildman–Crippen MR) is 188 cm³/mol. The summed E-state index contributed by atoms with van der Waals surface area (Å²) in [6.07, 6.45) is -2.39. The summed E-state index contributed by atoms with van der Waals surface area (Å²) in [5.41, 5.74) is -1.19. The van der Waals surface area contributed by atoms with Gasteiger partial charge in [0.05, 0.1) is 11.4 Å². The van der Waals surface area contributed by atoms with Gasteiger partial charge in [0.25, 0.3) is 16.6 Å². The normalized spacial score (nSPS) is 21.4. The lowest BCUT2D eigenvalue weighted by molar-refractivity contribution is 0.0438. The molecule has 4 aromatic carbocycles. The van der Waals surface area contributed by atoms with Crippen LogP contribution in [0.2, 0.25) is 10.1 Å². The molecule has 1 aliphatic rings. The molecule has 3 nitrogen and oxygen atoms in total.